The van der Waals surface area contributed by atoms with Crippen molar-refractivity contribution in [2.45, 2.75) is 6.61 Å². The van der Waals surface area contributed by atoms with Crippen LogP contribution in [0.5, 0.6) is 11.5 Å². The summed E-state index contributed by atoms with van der Waals surface area (Å²) in [5.41, 5.74) is 6.42. The first-order valence-corrected chi connectivity index (χ1v) is 12.1. The van der Waals surface area contributed by atoms with Crippen molar-refractivity contribution in [2.75, 3.05) is 0 Å². The largest absolute Gasteiger partial charge is 0.507 e. The van der Waals surface area contributed by atoms with Crippen molar-refractivity contribution < 1.29 is 24.2 Å². The van der Waals surface area contributed by atoms with Crippen molar-refractivity contribution in [3.8, 4) is 11.5 Å². The van der Waals surface area contributed by atoms with Gasteiger partial charge in [0.15, 0.2) is 0 Å². The zero-order valence-corrected chi connectivity index (χ0v) is 21.7. The summed E-state index contributed by atoms with van der Waals surface area (Å²) in [6.07, 6.45) is 6.90. The Labute approximate surface area is 231 Å². The molecule has 0 saturated heterocycles. The van der Waals surface area contributed by atoms with E-state index in [1.165, 1.54) is 35.8 Å². The molecule has 0 saturated carbocycles. The standard InChI is InChI=1S/C27H19N5O5S.ClH/c1-15(16-4-7-23(33)25(35)9-16)27-31-19(13-38-27)12-37-20-5-2-18(24(34)10-20)11-30-32-26(36)17-3-6-21-22(8-17)29-14-28-21;/h2-11,13-14,34H,1,12H2,(H,28,29)(H,32,36);1H. The number of thiazole rings is 1. The number of halogens is 1. The van der Waals surface area contributed by atoms with Crippen LogP contribution in [0, 0.1) is 0 Å². The number of nitrogens with one attached hydrogen (secondary N) is 2. The molecule has 1 aliphatic rings. The second-order valence-electron chi connectivity index (χ2n) is 8.13. The molecular weight excluding hydrogens is 542 g/mol. The summed E-state index contributed by atoms with van der Waals surface area (Å²) in [5, 5.41) is 16.7. The number of hydrogen-bond acceptors (Lipinski definition) is 9. The Balaban J connectivity index is 0.00000353. The molecule has 4 aromatic rings. The Hall–Kier alpha value is -4.87. The van der Waals surface area contributed by atoms with E-state index in [0.29, 0.717) is 38.7 Å². The van der Waals surface area contributed by atoms with Crippen LogP contribution >= 0.6 is 23.7 Å². The lowest BCUT2D eigenvalue weighted by Gasteiger charge is -2.07. The van der Waals surface area contributed by atoms with E-state index in [1.807, 2.05) is 0 Å². The maximum Gasteiger partial charge on any atom is 0.271 e. The normalized spacial score (nSPS) is 12.9. The average molecular weight is 562 g/mol. The van der Waals surface area contributed by atoms with E-state index in [1.54, 1.807) is 48.1 Å². The molecule has 0 atom stereocenters. The van der Waals surface area contributed by atoms with Crippen LogP contribution in [-0.2, 0) is 16.2 Å². The molecule has 3 N–H and O–H groups in total. The molecule has 0 aliphatic heterocycles. The van der Waals surface area contributed by atoms with Gasteiger partial charge in [0.2, 0.25) is 11.6 Å². The minimum atomic E-state index is -0.591. The van der Waals surface area contributed by atoms with Crippen LogP contribution in [0.25, 0.3) is 16.6 Å². The molecule has 39 heavy (non-hydrogen) atoms. The predicted molar refractivity (Wildman–Crippen MR) is 149 cm³/mol. The Bertz CT molecular complexity index is 1700. The number of ether oxygens (including phenoxy) is 1. The second-order valence-corrected chi connectivity index (χ2v) is 8.99. The minimum absolute atomic E-state index is 0. The minimum Gasteiger partial charge on any atom is -0.507 e. The van der Waals surface area contributed by atoms with E-state index in [0.717, 1.165) is 11.0 Å². The molecule has 0 radical (unpaired) electrons. The number of ketones is 2. The smallest absolute Gasteiger partial charge is 0.271 e. The third kappa shape index (κ3) is 6.17. The SMILES string of the molecule is C=C(C1=CC(=O)C(=O)C=C1)c1nc(COc2ccc(C=NNC(=O)c3ccc4nc[nH]c4c3)c(O)c2)cs1.Cl. The summed E-state index contributed by atoms with van der Waals surface area (Å²) in [5.74, 6) is -1.23. The maximum atomic E-state index is 12.3. The summed E-state index contributed by atoms with van der Waals surface area (Å²) in [4.78, 5) is 46.8. The fourth-order valence-electron chi connectivity index (χ4n) is 3.51. The number of carbonyl (C=O) groups is 3. The Morgan fingerprint density at radius 2 is 2.03 bits per heavy atom. The number of amides is 1. The molecule has 0 fully saturated rings. The van der Waals surface area contributed by atoms with Crippen molar-refractivity contribution in [3.05, 3.63) is 100 Å². The van der Waals surface area contributed by atoms with Crippen molar-refractivity contribution in [3.63, 3.8) is 0 Å². The summed E-state index contributed by atoms with van der Waals surface area (Å²) < 4.78 is 5.73. The van der Waals surface area contributed by atoms with Gasteiger partial charge in [-0.3, -0.25) is 14.4 Å². The van der Waals surface area contributed by atoms with Crippen LogP contribution in [0.4, 0.5) is 0 Å². The van der Waals surface area contributed by atoms with Crippen LogP contribution in [0.2, 0.25) is 0 Å². The van der Waals surface area contributed by atoms with Gasteiger partial charge in [0.25, 0.3) is 5.91 Å². The number of aromatic amines is 1. The second kappa shape index (κ2) is 11.7. The number of imidazole rings is 1. The third-order valence-corrected chi connectivity index (χ3v) is 6.49. The van der Waals surface area contributed by atoms with E-state index in [2.05, 4.69) is 32.1 Å². The van der Waals surface area contributed by atoms with E-state index >= 15 is 0 Å². The number of hydrazone groups is 1. The zero-order valence-electron chi connectivity index (χ0n) is 20.1. The lowest BCUT2D eigenvalue weighted by atomic mass is 10.00. The third-order valence-electron chi connectivity index (χ3n) is 5.54. The predicted octanol–water partition coefficient (Wildman–Crippen LogP) is 4.14. The van der Waals surface area contributed by atoms with Gasteiger partial charge in [-0.1, -0.05) is 12.7 Å². The molecule has 2 heterocycles. The van der Waals surface area contributed by atoms with Crippen molar-refractivity contribution >= 4 is 64.0 Å². The van der Waals surface area contributed by atoms with E-state index in [9.17, 15) is 19.5 Å². The monoisotopic (exact) mass is 561 g/mol. The van der Waals surface area contributed by atoms with Crippen LogP contribution in [0.3, 0.4) is 0 Å². The van der Waals surface area contributed by atoms with Gasteiger partial charge in [-0.2, -0.15) is 5.10 Å². The highest BCUT2D eigenvalue weighted by atomic mass is 35.5. The number of phenols is 1. The molecule has 196 valence electrons. The number of allylic oxidation sites excluding steroid dienone is 5. The Kier molecular flexibility index (Phi) is 8.13. The maximum absolute atomic E-state index is 12.3. The molecule has 1 aliphatic carbocycles. The fourth-order valence-corrected chi connectivity index (χ4v) is 4.31. The molecule has 2 aromatic carbocycles. The van der Waals surface area contributed by atoms with Crippen LogP contribution in [-0.4, -0.2) is 43.7 Å². The summed E-state index contributed by atoms with van der Waals surface area (Å²) in [6.45, 7) is 4.11. The van der Waals surface area contributed by atoms with Crippen molar-refractivity contribution in [2.24, 2.45) is 5.10 Å². The van der Waals surface area contributed by atoms with Crippen molar-refractivity contribution in [1.82, 2.24) is 20.4 Å². The lowest BCUT2D eigenvalue weighted by molar-refractivity contribution is -0.131. The molecule has 1 amide bonds. The number of carbonyl (C=O) groups excluding carboxylic acids is 3. The summed E-state index contributed by atoms with van der Waals surface area (Å²) in [7, 11) is 0. The first kappa shape index (κ1) is 27.2. The van der Waals surface area contributed by atoms with E-state index in [-0.39, 0.29) is 24.8 Å². The summed E-state index contributed by atoms with van der Waals surface area (Å²) >= 11 is 1.34. The van der Waals surface area contributed by atoms with Crippen LogP contribution < -0.4 is 10.2 Å². The molecule has 2 aromatic heterocycles. The Morgan fingerprint density at radius 1 is 1.18 bits per heavy atom. The quantitative estimate of drug-likeness (QED) is 0.127. The van der Waals surface area contributed by atoms with E-state index < -0.39 is 17.5 Å². The molecule has 0 unspecified atom stereocenters. The number of rotatable bonds is 8. The highest BCUT2D eigenvalue weighted by molar-refractivity contribution is 7.10. The highest BCUT2D eigenvalue weighted by Crippen LogP contribution is 2.28. The molecule has 5 rings (SSSR count). The van der Waals surface area contributed by atoms with Gasteiger partial charge >= 0.3 is 0 Å². The fraction of sp³-hybridized carbons (Fsp3) is 0.0370. The van der Waals surface area contributed by atoms with Crippen molar-refractivity contribution in [1.29, 1.82) is 0 Å². The van der Waals surface area contributed by atoms with Gasteiger partial charge in [0, 0.05) is 28.1 Å². The number of phenolic OH excluding ortho intramolecular Hbond substituents is 1. The number of aromatic nitrogens is 3. The first-order chi connectivity index (χ1) is 18.4. The van der Waals surface area contributed by atoms with Gasteiger partial charge in [0.05, 0.1) is 29.3 Å². The molecule has 0 spiro atoms. The topological polar surface area (TPSA) is 147 Å². The van der Waals surface area contributed by atoms with Crippen LogP contribution in [0.15, 0.2) is 83.6 Å². The zero-order chi connectivity index (χ0) is 26.6. The Morgan fingerprint density at radius 3 is 2.82 bits per heavy atom. The molecule has 12 heteroatoms. The number of hydrogen-bond donors (Lipinski definition) is 3. The van der Waals surface area contributed by atoms with Gasteiger partial charge in [-0.25, -0.2) is 15.4 Å². The van der Waals surface area contributed by atoms with Gasteiger partial charge < -0.3 is 14.8 Å². The highest BCUT2D eigenvalue weighted by Gasteiger charge is 2.17. The lowest BCUT2D eigenvalue weighted by Crippen LogP contribution is -2.17. The molecule has 0 bridgehead atoms. The first-order valence-electron chi connectivity index (χ1n) is 11.2. The number of aromatic hydroxyl groups is 1. The van der Waals surface area contributed by atoms with E-state index in [4.69, 9.17) is 4.74 Å². The van der Waals surface area contributed by atoms with Gasteiger partial charge in [0.1, 0.15) is 23.1 Å². The number of fused-ring (bicyclic) bond motifs is 1. The average Bonchev–Trinajstić information content (AvgIpc) is 3.59. The number of benzene rings is 2. The van der Waals surface area contributed by atoms with Gasteiger partial charge in [-0.05, 0) is 48.1 Å². The number of nitrogens with zero attached hydrogens (tertiary/aromatic N) is 3. The summed E-state index contributed by atoms with van der Waals surface area (Å²) in [6, 6.07) is 9.74. The van der Waals surface area contributed by atoms with Crippen LogP contribution in [0.1, 0.15) is 26.6 Å². The molecular formula is C27H20ClN5O5S. The van der Waals surface area contributed by atoms with Gasteiger partial charge in [-0.15, -0.1) is 23.7 Å². The number of H-pyrrole nitrogens is 1. The molecule has 10 nitrogen and oxygen atoms in total.